The molecule has 0 fully saturated rings. The van der Waals surface area contributed by atoms with Gasteiger partial charge in [-0.05, 0) is 38.0 Å². The highest BCUT2D eigenvalue weighted by Gasteiger charge is 2.12. The predicted molar refractivity (Wildman–Crippen MR) is 86.7 cm³/mol. The minimum Gasteiger partial charge on any atom is -0.496 e. The van der Waals surface area contributed by atoms with Crippen molar-refractivity contribution < 1.29 is 19.1 Å². The van der Waals surface area contributed by atoms with E-state index >= 15 is 0 Å². The van der Waals surface area contributed by atoms with Gasteiger partial charge in [-0.3, -0.25) is 9.59 Å². The second kappa shape index (κ2) is 10.2. The number of ketones is 1. The van der Waals surface area contributed by atoms with Crippen LogP contribution < -0.4 is 4.74 Å². The Morgan fingerprint density at radius 3 is 2.41 bits per heavy atom. The predicted octanol–water partition coefficient (Wildman–Crippen LogP) is 4.44. The molecule has 5 heteroatoms. The summed E-state index contributed by atoms with van der Waals surface area (Å²) >= 11 is 5.92. The number of methoxy groups -OCH3 is 1. The zero-order valence-corrected chi connectivity index (χ0v) is 13.9. The van der Waals surface area contributed by atoms with E-state index in [0.717, 1.165) is 25.7 Å². The summed E-state index contributed by atoms with van der Waals surface area (Å²) in [5.41, 5.74) is 0.529. The molecule has 0 amide bonds. The van der Waals surface area contributed by atoms with Gasteiger partial charge < -0.3 is 9.47 Å². The molecule has 0 saturated carbocycles. The second-order valence-corrected chi connectivity index (χ2v) is 5.42. The number of hydrogen-bond acceptors (Lipinski definition) is 4. The molecule has 0 aliphatic heterocycles. The summed E-state index contributed by atoms with van der Waals surface area (Å²) in [6.45, 7) is 2.22. The first-order valence-electron chi connectivity index (χ1n) is 7.60. The Hall–Kier alpha value is -1.55. The zero-order chi connectivity index (χ0) is 16.4. The van der Waals surface area contributed by atoms with Crippen molar-refractivity contribution in [2.24, 2.45) is 0 Å². The maximum absolute atomic E-state index is 12.2. The van der Waals surface area contributed by atoms with E-state index in [4.69, 9.17) is 21.1 Å². The summed E-state index contributed by atoms with van der Waals surface area (Å²) in [5, 5.41) is 0.526. The molecule has 22 heavy (non-hydrogen) atoms. The maximum atomic E-state index is 12.2. The molecule has 0 N–H and O–H groups in total. The molecule has 0 unspecified atom stereocenters. The first-order chi connectivity index (χ1) is 10.6. The van der Waals surface area contributed by atoms with Crippen molar-refractivity contribution >= 4 is 23.4 Å². The molecule has 0 heterocycles. The second-order valence-electron chi connectivity index (χ2n) is 4.99. The van der Waals surface area contributed by atoms with Crippen molar-refractivity contribution in [1.82, 2.24) is 0 Å². The van der Waals surface area contributed by atoms with Crippen LogP contribution >= 0.6 is 11.6 Å². The van der Waals surface area contributed by atoms with E-state index in [-0.39, 0.29) is 11.8 Å². The molecule has 0 bridgehead atoms. The Bertz CT molecular complexity index is 499. The summed E-state index contributed by atoms with van der Waals surface area (Å²) < 4.78 is 10.0. The summed E-state index contributed by atoms with van der Waals surface area (Å²) in [7, 11) is 1.54. The van der Waals surface area contributed by atoms with Crippen LogP contribution in [0, 0.1) is 0 Å². The summed E-state index contributed by atoms with van der Waals surface area (Å²) in [6, 6.07) is 5.05. The number of hydrogen-bond donors (Lipinski definition) is 0. The lowest BCUT2D eigenvalue weighted by Gasteiger charge is -2.08. The van der Waals surface area contributed by atoms with Gasteiger partial charge in [-0.15, -0.1) is 0 Å². The lowest BCUT2D eigenvalue weighted by molar-refractivity contribution is -0.143. The molecule has 0 saturated heterocycles. The van der Waals surface area contributed by atoms with Crippen molar-refractivity contribution in [3.63, 3.8) is 0 Å². The molecule has 0 aliphatic carbocycles. The average Bonchev–Trinajstić information content (AvgIpc) is 2.50. The topological polar surface area (TPSA) is 52.6 Å². The van der Waals surface area contributed by atoms with Crippen molar-refractivity contribution in [1.29, 1.82) is 0 Å². The van der Waals surface area contributed by atoms with Crippen molar-refractivity contribution in [3.05, 3.63) is 28.8 Å². The van der Waals surface area contributed by atoms with Gasteiger partial charge in [-0.1, -0.05) is 24.4 Å². The monoisotopic (exact) mass is 326 g/mol. The van der Waals surface area contributed by atoms with E-state index in [0.29, 0.717) is 35.8 Å². The van der Waals surface area contributed by atoms with E-state index < -0.39 is 0 Å². The third-order valence-corrected chi connectivity index (χ3v) is 3.54. The number of carbonyl (C=O) groups is 2. The third-order valence-electron chi connectivity index (χ3n) is 3.30. The molecule has 1 rings (SSSR count). The van der Waals surface area contributed by atoms with E-state index in [2.05, 4.69) is 0 Å². The SMILES string of the molecule is CCOC(=O)CCCCCCC(=O)c1cc(Cl)ccc1OC. The molecular formula is C17H23ClO4. The smallest absolute Gasteiger partial charge is 0.305 e. The van der Waals surface area contributed by atoms with Crippen LogP contribution in [0.15, 0.2) is 18.2 Å². The lowest BCUT2D eigenvalue weighted by Crippen LogP contribution is -2.04. The van der Waals surface area contributed by atoms with Crippen molar-refractivity contribution in [3.8, 4) is 5.75 Å². The van der Waals surface area contributed by atoms with Gasteiger partial charge in [-0.25, -0.2) is 0 Å². The Labute approximate surface area is 136 Å². The van der Waals surface area contributed by atoms with Gasteiger partial charge in [0.25, 0.3) is 0 Å². The molecule has 1 aromatic rings. The Kier molecular flexibility index (Phi) is 8.60. The first kappa shape index (κ1) is 18.5. The van der Waals surface area contributed by atoms with E-state index in [1.807, 2.05) is 0 Å². The fraction of sp³-hybridized carbons (Fsp3) is 0.529. The van der Waals surface area contributed by atoms with Crippen LogP contribution in [0.3, 0.4) is 0 Å². The van der Waals surface area contributed by atoms with Gasteiger partial charge in [0, 0.05) is 17.9 Å². The number of carbonyl (C=O) groups excluding carboxylic acids is 2. The molecule has 4 nitrogen and oxygen atoms in total. The third kappa shape index (κ3) is 6.48. The molecule has 0 aromatic heterocycles. The van der Waals surface area contributed by atoms with E-state index in [9.17, 15) is 9.59 Å². The number of esters is 1. The van der Waals surface area contributed by atoms with E-state index in [1.54, 1.807) is 25.1 Å². The fourth-order valence-electron chi connectivity index (χ4n) is 2.17. The van der Waals surface area contributed by atoms with Crippen molar-refractivity contribution in [2.75, 3.05) is 13.7 Å². The van der Waals surface area contributed by atoms with Crippen LogP contribution in [-0.4, -0.2) is 25.5 Å². The highest BCUT2D eigenvalue weighted by molar-refractivity contribution is 6.31. The largest absolute Gasteiger partial charge is 0.496 e. The Balaban J connectivity index is 2.29. The van der Waals surface area contributed by atoms with Crippen LogP contribution in [0.4, 0.5) is 0 Å². The van der Waals surface area contributed by atoms with Crippen LogP contribution in [0.2, 0.25) is 5.02 Å². The van der Waals surface area contributed by atoms with Crippen molar-refractivity contribution in [2.45, 2.75) is 45.4 Å². The zero-order valence-electron chi connectivity index (χ0n) is 13.2. The highest BCUT2D eigenvalue weighted by Crippen LogP contribution is 2.24. The molecular weight excluding hydrogens is 304 g/mol. The molecule has 1 aromatic carbocycles. The van der Waals surface area contributed by atoms with Gasteiger partial charge in [0.15, 0.2) is 5.78 Å². The number of ether oxygens (including phenoxy) is 2. The first-order valence-corrected chi connectivity index (χ1v) is 7.98. The average molecular weight is 327 g/mol. The van der Waals surface area contributed by atoms with E-state index in [1.165, 1.54) is 7.11 Å². The molecule has 0 aliphatic rings. The summed E-state index contributed by atoms with van der Waals surface area (Å²) in [4.78, 5) is 23.4. The van der Waals surface area contributed by atoms with Gasteiger partial charge in [0.2, 0.25) is 0 Å². The normalized spacial score (nSPS) is 10.3. The highest BCUT2D eigenvalue weighted by atomic mass is 35.5. The van der Waals surface area contributed by atoms with Gasteiger partial charge in [0.1, 0.15) is 5.75 Å². The lowest BCUT2D eigenvalue weighted by atomic mass is 10.0. The minimum atomic E-state index is -0.151. The summed E-state index contributed by atoms with van der Waals surface area (Å²) in [5.74, 6) is 0.434. The molecule has 122 valence electrons. The molecule has 0 spiro atoms. The standard InChI is InChI=1S/C17H23ClO4/c1-3-22-17(20)9-7-5-4-6-8-15(19)14-12-13(18)10-11-16(14)21-2/h10-12H,3-9H2,1-2H3. The number of unbranched alkanes of at least 4 members (excludes halogenated alkanes) is 3. The number of benzene rings is 1. The maximum Gasteiger partial charge on any atom is 0.305 e. The van der Waals surface area contributed by atoms with Crippen LogP contribution in [0.25, 0.3) is 0 Å². The molecule has 0 atom stereocenters. The van der Waals surface area contributed by atoms with Crippen LogP contribution in [-0.2, 0) is 9.53 Å². The number of halogens is 1. The minimum absolute atomic E-state index is 0.0322. The number of rotatable bonds is 10. The fourth-order valence-corrected chi connectivity index (χ4v) is 2.35. The van der Waals surface area contributed by atoms with Crippen LogP contribution in [0.1, 0.15) is 55.8 Å². The molecule has 0 radical (unpaired) electrons. The van der Waals surface area contributed by atoms with Gasteiger partial charge in [-0.2, -0.15) is 0 Å². The Morgan fingerprint density at radius 1 is 1.09 bits per heavy atom. The number of Topliss-reactive ketones (excluding diaryl/α,β-unsaturated/α-hetero) is 1. The Morgan fingerprint density at radius 2 is 1.77 bits per heavy atom. The quantitative estimate of drug-likeness (QED) is 0.362. The van der Waals surface area contributed by atoms with Gasteiger partial charge in [0.05, 0.1) is 19.3 Å². The van der Waals surface area contributed by atoms with Crippen LogP contribution in [0.5, 0.6) is 5.75 Å². The summed E-state index contributed by atoms with van der Waals surface area (Å²) in [6.07, 6.45) is 4.32. The van der Waals surface area contributed by atoms with Gasteiger partial charge >= 0.3 is 5.97 Å².